The smallest absolute Gasteiger partial charge is 0.234 e. The number of anilines is 2. The van der Waals surface area contributed by atoms with E-state index in [2.05, 4.69) is 10.6 Å². The van der Waals surface area contributed by atoms with Crippen molar-refractivity contribution in [3.8, 4) is 11.5 Å². The molecular formula is C20H20N2O4. The van der Waals surface area contributed by atoms with Gasteiger partial charge < -0.3 is 20.1 Å². The molecule has 0 unspecified atom stereocenters. The fraction of sp³-hybridized carbons (Fsp3) is 0.300. The summed E-state index contributed by atoms with van der Waals surface area (Å²) in [5.41, 5.74) is 2.83. The Morgan fingerprint density at radius 3 is 2.81 bits per heavy atom. The third-order valence-electron chi connectivity index (χ3n) is 4.87. The van der Waals surface area contributed by atoms with E-state index in [9.17, 15) is 9.59 Å². The van der Waals surface area contributed by atoms with Crippen LogP contribution in [0.3, 0.4) is 0 Å². The van der Waals surface area contributed by atoms with E-state index in [1.807, 2.05) is 44.2 Å². The van der Waals surface area contributed by atoms with Gasteiger partial charge in [0.25, 0.3) is 0 Å². The monoisotopic (exact) mass is 352 g/mol. The molecule has 0 fully saturated rings. The van der Waals surface area contributed by atoms with Crippen LogP contribution in [0.2, 0.25) is 0 Å². The van der Waals surface area contributed by atoms with Gasteiger partial charge in [-0.15, -0.1) is 0 Å². The molecule has 0 spiro atoms. The highest BCUT2D eigenvalue weighted by molar-refractivity contribution is 6.06. The predicted octanol–water partition coefficient (Wildman–Crippen LogP) is 3.22. The lowest BCUT2D eigenvalue weighted by Crippen LogP contribution is -2.26. The van der Waals surface area contributed by atoms with E-state index in [1.54, 1.807) is 6.07 Å². The SMILES string of the molecule is CC1(C)C(=O)Nc2ccc(NC(=O)CCc3ccc4c(c3)OCO4)cc21. The Kier molecular flexibility index (Phi) is 3.83. The van der Waals surface area contributed by atoms with Crippen LogP contribution in [-0.4, -0.2) is 18.6 Å². The third kappa shape index (κ3) is 2.87. The first-order valence-electron chi connectivity index (χ1n) is 8.58. The average molecular weight is 352 g/mol. The Morgan fingerprint density at radius 2 is 1.96 bits per heavy atom. The van der Waals surface area contributed by atoms with Gasteiger partial charge in [-0.25, -0.2) is 0 Å². The molecular weight excluding hydrogens is 332 g/mol. The van der Waals surface area contributed by atoms with Crippen molar-refractivity contribution in [1.82, 2.24) is 0 Å². The minimum absolute atomic E-state index is 0.0289. The van der Waals surface area contributed by atoms with Gasteiger partial charge in [0.2, 0.25) is 18.6 Å². The molecule has 6 heteroatoms. The first-order valence-corrected chi connectivity index (χ1v) is 8.58. The maximum Gasteiger partial charge on any atom is 0.234 e. The van der Waals surface area contributed by atoms with Crippen LogP contribution >= 0.6 is 0 Å². The summed E-state index contributed by atoms with van der Waals surface area (Å²) in [5.74, 6) is 1.36. The van der Waals surface area contributed by atoms with Crippen molar-refractivity contribution in [2.45, 2.75) is 32.1 Å². The summed E-state index contributed by atoms with van der Waals surface area (Å²) < 4.78 is 10.6. The first-order chi connectivity index (χ1) is 12.4. The second-order valence-corrected chi connectivity index (χ2v) is 7.08. The van der Waals surface area contributed by atoms with Gasteiger partial charge in [-0.1, -0.05) is 6.07 Å². The van der Waals surface area contributed by atoms with Crippen LogP contribution in [0.25, 0.3) is 0 Å². The van der Waals surface area contributed by atoms with Crippen LogP contribution in [0, 0.1) is 0 Å². The molecule has 2 N–H and O–H groups in total. The summed E-state index contributed by atoms with van der Waals surface area (Å²) >= 11 is 0. The second-order valence-electron chi connectivity index (χ2n) is 7.08. The molecule has 134 valence electrons. The van der Waals surface area contributed by atoms with Crippen LogP contribution in [0.5, 0.6) is 11.5 Å². The lowest BCUT2D eigenvalue weighted by molar-refractivity contribution is -0.119. The zero-order chi connectivity index (χ0) is 18.3. The summed E-state index contributed by atoms with van der Waals surface area (Å²) in [7, 11) is 0. The first kappa shape index (κ1) is 16.4. The number of carbonyl (C=O) groups excluding carboxylic acids is 2. The quantitative estimate of drug-likeness (QED) is 0.886. The lowest BCUT2D eigenvalue weighted by atomic mass is 9.86. The largest absolute Gasteiger partial charge is 0.454 e. The predicted molar refractivity (Wildman–Crippen MR) is 97.6 cm³/mol. The summed E-state index contributed by atoms with van der Waals surface area (Å²) in [6.07, 6.45) is 0.969. The van der Waals surface area contributed by atoms with Crippen molar-refractivity contribution >= 4 is 23.2 Å². The van der Waals surface area contributed by atoms with Gasteiger partial charge in [0.05, 0.1) is 5.41 Å². The molecule has 2 aromatic carbocycles. The van der Waals surface area contributed by atoms with Crippen molar-refractivity contribution in [2.24, 2.45) is 0 Å². The fourth-order valence-electron chi connectivity index (χ4n) is 3.23. The number of rotatable bonds is 4. The molecule has 2 aliphatic heterocycles. The number of fused-ring (bicyclic) bond motifs is 2. The van der Waals surface area contributed by atoms with Crippen molar-refractivity contribution in [3.63, 3.8) is 0 Å². The molecule has 26 heavy (non-hydrogen) atoms. The van der Waals surface area contributed by atoms with E-state index >= 15 is 0 Å². The number of hydrogen-bond donors (Lipinski definition) is 2. The highest BCUT2D eigenvalue weighted by Gasteiger charge is 2.38. The number of nitrogens with one attached hydrogen (secondary N) is 2. The maximum atomic E-state index is 12.3. The molecule has 0 saturated heterocycles. The van der Waals surface area contributed by atoms with Gasteiger partial charge in [0.1, 0.15) is 0 Å². The fourth-order valence-corrected chi connectivity index (χ4v) is 3.23. The van der Waals surface area contributed by atoms with E-state index in [4.69, 9.17) is 9.47 Å². The molecule has 2 aromatic rings. The van der Waals surface area contributed by atoms with Crippen molar-refractivity contribution in [3.05, 3.63) is 47.5 Å². The van der Waals surface area contributed by atoms with E-state index in [0.717, 1.165) is 28.3 Å². The Hall–Kier alpha value is -3.02. The molecule has 2 heterocycles. The Morgan fingerprint density at radius 1 is 1.15 bits per heavy atom. The summed E-state index contributed by atoms with van der Waals surface area (Å²) in [4.78, 5) is 24.3. The van der Waals surface area contributed by atoms with Crippen LogP contribution in [0.1, 0.15) is 31.4 Å². The second kappa shape index (κ2) is 6.05. The zero-order valence-electron chi connectivity index (χ0n) is 14.7. The van der Waals surface area contributed by atoms with Crippen LogP contribution < -0.4 is 20.1 Å². The maximum absolute atomic E-state index is 12.3. The molecule has 0 saturated carbocycles. The molecule has 0 aromatic heterocycles. The van der Waals surface area contributed by atoms with Crippen molar-refractivity contribution in [1.29, 1.82) is 0 Å². The van der Waals surface area contributed by atoms with E-state index < -0.39 is 5.41 Å². The molecule has 0 atom stereocenters. The number of ether oxygens (including phenoxy) is 2. The molecule has 2 amide bonds. The topological polar surface area (TPSA) is 76.7 Å². The molecule has 2 aliphatic rings. The lowest BCUT2D eigenvalue weighted by Gasteiger charge is -2.16. The van der Waals surface area contributed by atoms with Crippen LogP contribution in [-0.2, 0) is 21.4 Å². The van der Waals surface area contributed by atoms with Gasteiger partial charge in [-0.05, 0) is 61.7 Å². The van der Waals surface area contributed by atoms with E-state index in [0.29, 0.717) is 18.5 Å². The van der Waals surface area contributed by atoms with Crippen LogP contribution in [0.4, 0.5) is 11.4 Å². The number of benzene rings is 2. The zero-order valence-corrected chi connectivity index (χ0v) is 14.7. The van der Waals surface area contributed by atoms with Crippen LogP contribution in [0.15, 0.2) is 36.4 Å². The van der Waals surface area contributed by atoms with Gasteiger partial charge in [0, 0.05) is 17.8 Å². The van der Waals surface area contributed by atoms with Crippen molar-refractivity contribution in [2.75, 3.05) is 17.4 Å². The molecule has 6 nitrogen and oxygen atoms in total. The normalized spacial score (nSPS) is 16.2. The van der Waals surface area contributed by atoms with Crippen molar-refractivity contribution < 1.29 is 19.1 Å². The third-order valence-corrected chi connectivity index (χ3v) is 4.87. The van der Waals surface area contributed by atoms with Gasteiger partial charge in [-0.3, -0.25) is 9.59 Å². The Balaban J connectivity index is 1.40. The highest BCUT2D eigenvalue weighted by Crippen LogP contribution is 2.38. The Bertz CT molecular complexity index is 905. The molecule has 0 aliphatic carbocycles. The Labute approximate surface area is 151 Å². The van der Waals surface area contributed by atoms with Gasteiger partial charge in [-0.2, -0.15) is 0 Å². The highest BCUT2D eigenvalue weighted by atomic mass is 16.7. The van der Waals surface area contributed by atoms with E-state index in [-0.39, 0.29) is 18.6 Å². The summed E-state index contributed by atoms with van der Waals surface area (Å²) in [5, 5.41) is 5.77. The number of aryl methyl sites for hydroxylation is 1. The summed E-state index contributed by atoms with van der Waals surface area (Å²) in [6, 6.07) is 11.2. The molecule has 0 radical (unpaired) electrons. The number of carbonyl (C=O) groups is 2. The standard InChI is InChI=1S/C20H20N2O4/c1-20(2)14-10-13(5-6-15(14)22-19(20)24)21-18(23)8-4-12-3-7-16-17(9-12)26-11-25-16/h3,5-7,9-10H,4,8,11H2,1-2H3,(H,21,23)(H,22,24). The van der Waals surface area contributed by atoms with Gasteiger partial charge in [0.15, 0.2) is 11.5 Å². The van der Waals surface area contributed by atoms with E-state index in [1.165, 1.54) is 0 Å². The molecule has 0 bridgehead atoms. The summed E-state index contributed by atoms with van der Waals surface area (Å²) in [6.45, 7) is 3.99. The number of amides is 2. The average Bonchev–Trinajstić information content (AvgIpc) is 3.16. The minimum Gasteiger partial charge on any atom is -0.454 e. The molecule has 4 rings (SSSR count). The number of hydrogen-bond acceptors (Lipinski definition) is 4. The van der Waals surface area contributed by atoms with Gasteiger partial charge >= 0.3 is 0 Å². The minimum atomic E-state index is -0.595.